The summed E-state index contributed by atoms with van der Waals surface area (Å²) in [5.74, 6) is -0.380. The molecule has 0 aliphatic rings. The first kappa shape index (κ1) is 9.69. The molecule has 3 heteroatoms. The van der Waals surface area contributed by atoms with Gasteiger partial charge in [0.25, 0.3) is 0 Å². The molecule has 0 aliphatic carbocycles. The van der Waals surface area contributed by atoms with Crippen molar-refractivity contribution in [3.8, 4) is 0 Å². The maximum atomic E-state index is 10.7. The van der Waals surface area contributed by atoms with Gasteiger partial charge in [0.15, 0.2) is 0 Å². The van der Waals surface area contributed by atoms with E-state index < -0.39 is 0 Å². The van der Waals surface area contributed by atoms with Gasteiger partial charge in [-0.25, -0.2) is 4.79 Å². The Hall–Kier alpha value is -0.310. The van der Waals surface area contributed by atoms with Crippen molar-refractivity contribution in [2.24, 2.45) is 0 Å². The molecule has 1 atom stereocenters. The van der Waals surface area contributed by atoms with Crippen molar-refractivity contribution < 1.29 is 9.53 Å². The van der Waals surface area contributed by atoms with E-state index in [4.69, 9.17) is 4.74 Å². The number of rotatable bonds is 3. The highest BCUT2D eigenvalue weighted by molar-refractivity contribution is 9.12. The van der Waals surface area contributed by atoms with Crippen LogP contribution in [-0.2, 0) is 9.53 Å². The fraction of sp³-hybridized carbons (Fsp3) is 0.571. The van der Waals surface area contributed by atoms with E-state index in [-0.39, 0.29) is 16.6 Å². The normalized spacial score (nSPS) is 12.3. The Balaban J connectivity index is 3.68. The third kappa shape index (κ3) is 3.67. The number of hydrogen-bond acceptors (Lipinski definition) is 2. The Labute approximate surface area is 69.4 Å². The van der Waals surface area contributed by atoms with Gasteiger partial charge in [0.05, 0.1) is 10.6 Å². The van der Waals surface area contributed by atoms with Crippen LogP contribution in [-0.4, -0.2) is 12.1 Å². The molecule has 2 nitrogen and oxygen atoms in total. The lowest BCUT2D eigenvalue weighted by molar-refractivity contribution is -0.142. The molecule has 0 amide bonds. The predicted octanol–water partition coefficient (Wildman–Crippen LogP) is 2.24. The van der Waals surface area contributed by atoms with Gasteiger partial charge in [0.1, 0.15) is 0 Å². The van der Waals surface area contributed by atoms with Gasteiger partial charge in [0.2, 0.25) is 0 Å². The highest BCUT2D eigenvalue weighted by Gasteiger charge is 2.07. The van der Waals surface area contributed by atoms with Crippen LogP contribution in [0.2, 0.25) is 0 Å². The summed E-state index contributed by atoms with van der Waals surface area (Å²) in [7, 11) is 0. The van der Waals surface area contributed by atoms with Crippen molar-refractivity contribution in [3.63, 3.8) is 0 Å². The quantitative estimate of drug-likeness (QED) is 0.524. The number of carbonyl (C=O) groups is 1. The van der Waals surface area contributed by atoms with Gasteiger partial charge >= 0.3 is 5.97 Å². The van der Waals surface area contributed by atoms with Crippen molar-refractivity contribution in [2.45, 2.75) is 26.4 Å². The van der Waals surface area contributed by atoms with E-state index in [1.165, 1.54) is 0 Å². The average Bonchev–Trinajstić information content (AvgIpc) is 1.87. The van der Waals surface area contributed by atoms with Crippen LogP contribution in [0.4, 0.5) is 0 Å². The third-order valence-corrected chi connectivity index (χ3v) is 1.43. The lowest BCUT2D eigenvalue weighted by Gasteiger charge is -2.08. The Morgan fingerprint density at radius 1 is 1.80 bits per heavy atom. The molecule has 0 aliphatic heterocycles. The molecule has 58 valence electrons. The molecule has 0 heterocycles. The van der Waals surface area contributed by atoms with Crippen LogP contribution in [0.15, 0.2) is 11.1 Å². The molecule has 10 heavy (non-hydrogen) atoms. The van der Waals surface area contributed by atoms with Crippen molar-refractivity contribution in [1.82, 2.24) is 0 Å². The Morgan fingerprint density at radius 3 is 2.60 bits per heavy atom. The van der Waals surface area contributed by atoms with E-state index in [0.29, 0.717) is 0 Å². The van der Waals surface area contributed by atoms with E-state index in [2.05, 4.69) is 22.5 Å². The van der Waals surface area contributed by atoms with Crippen LogP contribution in [0.25, 0.3) is 0 Å². The number of esters is 1. The molecule has 0 N–H and O–H groups in total. The molecule has 0 rings (SSSR count). The summed E-state index contributed by atoms with van der Waals surface area (Å²) in [5, 5.41) is 0. The summed E-state index contributed by atoms with van der Waals surface area (Å²) in [4.78, 5) is 10.7. The number of hydrogen-bond donors (Lipinski definition) is 0. The summed E-state index contributed by atoms with van der Waals surface area (Å²) in [6.07, 6.45) is 0.799. The lowest BCUT2D eigenvalue weighted by atomic mass is 10.3. The topological polar surface area (TPSA) is 26.3 Å². The molecular weight excluding hydrogens is 196 g/mol. The van der Waals surface area contributed by atoms with Crippen LogP contribution < -0.4 is 0 Å². The lowest BCUT2D eigenvalue weighted by Crippen LogP contribution is -2.12. The van der Waals surface area contributed by atoms with Crippen LogP contribution in [0.1, 0.15) is 20.3 Å². The maximum absolute atomic E-state index is 10.7. The van der Waals surface area contributed by atoms with E-state index in [9.17, 15) is 4.79 Å². The summed E-state index contributed by atoms with van der Waals surface area (Å²) in [6, 6.07) is 0. The van der Waals surface area contributed by atoms with Crippen molar-refractivity contribution in [3.05, 3.63) is 11.1 Å². The summed E-state index contributed by atoms with van der Waals surface area (Å²) >= 11 is 2.93. The number of carbonyl (C=O) groups excluding carboxylic acids is 1. The molecule has 0 unspecified atom stereocenters. The minimum absolute atomic E-state index is 0.0261. The van der Waals surface area contributed by atoms with Crippen LogP contribution >= 0.6 is 15.9 Å². The van der Waals surface area contributed by atoms with E-state index in [1.54, 1.807) is 0 Å². The Bertz CT molecular complexity index is 143. The first-order valence-corrected chi connectivity index (χ1v) is 3.92. The zero-order chi connectivity index (χ0) is 8.15. The van der Waals surface area contributed by atoms with E-state index >= 15 is 0 Å². The SMILES string of the molecule is C=C(Br)C(=O)O[C@@H](C)CC. The molecule has 0 aromatic carbocycles. The molecule has 0 radical (unpaired) electrons. The molecule has 0 spiro atoms. The first-order chi connectivity index (χ1) is 4.57. The largest absolute Gasteiger partial charge is 0.459 e. The summed E-state index contributed by atoms with van der Waals surface area (Å²) in [6.45, 7) is 7.18. The highest BCUT2D eigenvalue weighted by Crippen LogP contribution is 2.06. The summed E-state index contributed by atoms with van der Waals surface area (Å²) < 4.78 is 5.15. The van der Waals surface area contributed by atoms with Gasteiger partial charge in [-0.15, -0.1) is 0 Å². The maximum Gasteiger partial charge on any atom is 0.344 e. The second-order valence-corrected chi connectivity index (χ2v) is 2.99. The second-order valence-electron chi connectivity index (χ2n) is 2.03. The van der Waals surface area contributed by atoms with Crippen LogP contribution in [0.5, 0.6) is 0 Å². The monoisotopic (exact) mass is 206 g/mol. The minimum Gasteiger partial charge on any atom is -0.459 e. The van der Waals surface area contributed by atoms with Crippen molar-refractivity contribution in [2.75, 3.05) is 0 Å². The smallest absolute Gasteiger partial charge is 0.344 e. The van der Waals surface area contributed by atoms with E-state index in [1.807, 2.05) is 13.8 Å². The molecule has 0 bridgehead atoms. The fourth-order valence-corrected chi connectivity index (χ4v) is 0.423. The molecule has 0 fully saturated rings. The first-order valence-electron chi connectivity index (χ1n) is 3.13. The van der Waals surface area contributed by atoms with Gasteiger partial charge < -0.3 is 4.74 Å². The molecule has 0 saturated heterocycles. The van der Waals surface area contributed by atoms with Gasteiger partial charge in [-0.3, -0.25) is 0 Å². The van der Waals surface area contributed by atoms with Gasteiger partial charge in [-0.1, -0.05) is 13.5 Å². The van der Waals surface area contributed by atoms with Crippen LogP contribution in [0.3, 0.4) is 0 Å². The Kier molecular flexibility index (Phi) is 4.36. The standard InChI is InChI=1S/C7H11BrO2/c1-4-5(2)10-7(9)6(3)8/h5H,3-4H2,1-2H3/t5-/m0/s1. The minimum atomic E-state index is -0.380. The molecular formula is C7H11BrO2. The highest BCUT2D eigenvalue weighted by atomic mass is 79.9. The fourth-order valence-electron chi connectivity index (χ4n) is 0.330. The van der Waals surface area contributed by atoms with Gasteiger partial charge in [-0.05, 0) is 29.3 Å². The van der Waals surface area contributed by atoms with E-state index in [0.717, 1.165) is 6.42 Å². The Morgan fingerprint density at radius 2 is 2.30 bits per heavy atom. The summed E-state index contributed by atoms with van der Waals surface area (Å²) in [5.41, 5.74) is 0. The van der Waals surface area contributed by atoms with Crippen molar-refractivity contribution >= 4 is 21.9 Å². The number of ether oxygens (including phenoxy) is 1. The molecule has 0 aromatic rings. The predicted molar refractivity (Wildman–Crippen MR) is 43.9 cm³/mol. The molecule has 0 saturated carbocycles. The van der Waals surface area contributed by atoms with Gasteiger partial charge in [0, 0.05) is 0 Å². The second kappa shape index (κ2) is 4.50. The van der Waals surface area contributed by atoms with Crippen molar-refractivity contribution in [1.29, 1.82) is 0 Å². The zero-order valence-electron chi connectivity index (χ0n) is 6.19. The number of halogens is 1. The van der Waals surface area contributed by atoms with Gasteiger partial charge in [-0.2, -0.15) is 0 Å². The molecule has 0 aromatic heterocycles. The van der Waals surface area contributed by atoms with Crippen LogP contribution in [0, 0.1) is 0 Å². The third-order valence-electron chi connectivity index (χ3n) is 1.10. The average molecular weight is 207 g/mol. The zero-order valence-corrected chi connectivity index (χ0v) is 7.77.